The van der Waals surface area contributed by atoms with Gasteiger partial charge in [-0.1, -0.05) is 18.2 Å². The minimum atomic E-state index is -1.09. The maximum atomic E-state index is 12.1. The lowest BCUT2D eigenvalue weighted by molar-refractivity contribution is -0.141. The monoisotopic (exact) mass is 223 g/mol. The Morgan fingerprint density at radius 1 is 1.40 bits per heavy atom. The number of carbonyl (C=O) groups is 1. The number of amides is 1. The number of hydrogen-bond acceptors (Lipinski definition) is 2. The summed E-state index contributed by atoms with van der Waals surface area (Å²) < 4.78 is 12.1. The molecule has 2 atom stereocenters. The van der Waals surface area contributed by atoms with E-state index >= 15 is 0 Å². The van der Waals surface area contributed by atoms with Crippen molar-refractivity contribution in [2.45, 2.75) is 23.6 Å². The first-order chi connectivity index (χ1) is 7.24. The van der Waals surface area contributed by atoms with Crippen LogP contribution in [-0.4, -0.2) is 26.9 Å². The number of carbonyl (C=O) groups excluding carboxylic acids is 1. The van der Waals surface area contributed by atoms with Crippen LogP contribution in [-0.2, 0) is 15.6 Å². The van der Waals surface area contributed by atoms with Gasteiger partial charge in [0.1, 0.15) is 5.37 Å². The number of likely N-dealkylation sites (tertiary alicyclic amines) is 1. The summed E-state index contributed by atoms with van der Waals surface area (Å²) in [5.41, 5.74) is 0. The van der Waals surface area contributed by atoms with Crippen molar-refractivity contribution < 1.29 is 9.00 Å². The van der Waals surface area contributed by atoms with Gasteiger partial charge in [-0.2, -0.15) is 0 Å². The summed E-state index contributed by atoms with van der Waals surface area (Å²) in [5, 5.41) is -0.120. The minimum Gasteiger partial charge on any atom is -0.327 e. The van der Waals surface area contributed by atoms with Crippen LogP contribution in [0, 0.1) is 0 Å². The van der Waals surface area contributed by atoms with Crippen molar-refractivity contribution in [2.75, 3.05) is 6.54 Å². The molecule has 0 radical (unpaired) electrons. The smallest absolute Gasteiger partial charge is 0.226 e. The molecule has 0 N–H and O–H groups in total. The zero-order valence-electron chi connectivity index (χ0n) is 8.55. The van der Waals surface area contributed by atoms with E-state index in [2.05, 4.69) is 0 Å². The fourth-order valence-corrected chi connectivity index (χ4v) is 3.24. The fourth-order valence-electron chi connectivity index (χ4n) is 1.71. The van der Waals surface area contributed by atoms with Crippen LogP contribution in [0.15, 0.2) is 35.2 Å². The van der Waals surface area contributed by atoms with Crippen molar-refractivity contribution >= 4 is 16.7 Å². The van der Waals surface area contributed by atoms with Crippen LogP contribution in [0.5, 0.6) is 0 Å². The molecule has 1 saturated heterocycles. The summed E-state index contributed by atoms with van der Waals surface area (Å²) in [4.78, 5) is 13.7. The molecule has 1 amide bonds. The lowest BCUT2D eigenvalue weighted by Crippen LogP contribution is -2.54. The van der Waals surface area contributed by atoms with Gasteiger partial charge in [-0.25, -0.2) is 0 Å². The van der Waals surface area contributed by atoms with Gasteiger partial charge in [0.15, 0.2) is 0 Å². The summed E-state index contributed by atoms with van der Waals surface area (Å²) in [6.07, 6.45) is 0.412. The predicted molar refractivity (Wildman–Crippen MR) is 58.6 cm³/mol. The zero-order valence-corrected chi connectivity index (χ0v) is 9.37. The van der Waals surface area contributed by atoms with E-state index in [1.54, 1.807) is 4.90 Å². The average Bonchev–Trinajstić information content (AvgIpc) is 2.26. The first kappa shape index (κ1) is 10.4. The third-order valence-electron chi connectivity index (χ3n) is 2.58. The van der Waals surface area contributed by atoms with Crippen LogP contribution < -0.4 is 0 Å². The molecule has 0 aromatic heterocycles. The van der Waals surface area contributed by atoms with E-state index in [1.807, 2.05) is 37.3 Å². The number of benzene rings is 1. The van der Waals surface area contributed by atoms with Crippen molar-refractivity contribution in [3.63, 3.8) is 0 Å². The molecule has 0 saturated carbocycles. The van der Waals surface area contributed by atoms with Gasteiger partial charge < -0.3 is 4.90 Å². The molecule has 1 aliphatic rings. The summed E-state index contributed by atoms with van der Waals surface area (Å²) >= 11 is 0. The molecule has 1 aromatic carbocycles. The Balaban J connectivity index is 2.13. The predicted octanol–water partition coefficient (Wildman–Crippen LogP) is 1.37. The maximum Gasteiger partial charge on any atom is 0.226 e. The van der Waals surface area contributed by atoms with Crippen molar-refractivity contribution in [1.29, 1.82) is 0 Å². The van der Waals surface area contributed by atoms with Crippen molar-refractivity contribution in [2.24, 2.45) is 0 Å². The fraction of sp³-hybridized carbons (Fsp3) is 0.364. The van der Waals surface area contributed by atoms with Gasteiger partial charge in [0.25, 0.3) is 0 Å². The van der Waals surface area contributed by atoms with Crippen LogP contribution in [0.2, 0.25) is 0 Å². The number of rotatable bonds is 3. The van der Waals surface area contributed by atoms with Crippen LogP contribution >= 0.6 is 0 Å². The molecule has 0 aliphatic carbocycles. The Kier molecular flexibility index (Phi) is 2.86. The Morgan fingerprint density at radius 2 is 2.07 bits per heavy atom. The molecular weight excluding hydrogens is 210 g/mol. The zero-order chi connectivity index (χ0) is 10.8. The molecule has 1 aromatic rings. The second-order valence-electron chi connectivity index (χ2n) is 3.45. The Bertz CT molecular complexity index is 391. The second kappa shape index (κ2) is 4.14. The molecule has 4 heteroatoms. The first-order valence-electron chi connectivity index (χ1n) is 4.99. The van der Waals surface area contributed by atoms with Gasteiger partial charge in [-0.3, -0.25) is 9.00 Å². The molecule has 3 nitrogen and oxygen atoms in total. The molecular formula is C11H13NO2S. The highest BCUT2D eigenvalue weighted by Gasteiger charge is 2.39. The summed E-state index contributed by atoms with van der Waals surface area (Å²) in [7, 11) is -1.09. The van der Waals surface area contributed by atoms with Crippen LogP contribution in [0.1, 0.15) is 13.3 Å². The highest BCUT2D eigenvalue weighted by atomic mass is 32.2. The van der Waals surface area contributed by atoms with E-state index in [1.165, 1.54) is 0 Å². The standard InChI is InChI=1S/C11H13NO2S/c1-2-12-10(13)8-11(12)15(14)9-6-4-3-5-7-9/h3-7,11H,2,8H2,1H3. The number of hydrogen-bond donors (Lipinski definition) is 0. The number of β-lactam (4-membered cyclic amide) rings is 1. The third-order valence-corrected chi connectivity index (χ3v) is 4.23. The first-order valence-corrected chi connectivity index (χ1v) is 6.20. The van der Waals surface area contributed by atoms with Gasteiger partial charge in [0.05, 0.1) is 17.2 Å². The highest BCUT2D eigenvalue weighted by molar-refractivity contribution is 7.85. The normalized spacial score (nSPS) is 22.3. The van der Waals surface area contributed by atoms with Crippen LogP contribution in [0.25, 0.3) is 0 Å². The lowest BCUT2D eigenvalue weighted by Gasteiger charge is -2.38. The molecule has 1 aliphatic heterocycles. The molecule has 0 bridgehead atoms. The SMILES string of the molecule is CCN1C(=O)CC1S(=O)c1ccccc1. The third kappa shape index (κ3) is 1.81. The van der Waals surface area contributed by atoms with E-state index in [0.717, 1.165) is 4.90 Å². The largest absolute Gasteiger partial charge is 0.327 e. The van der Waals surface area contributed by atoms with Crippen molar-refractivity contribution in [1.82, 2.24) is 4.90 Å². The second-order valence-corrected chi connectivity index (χ2v) is 5.06. The quantitative estimate of drug-likeness (QED) is 0.726. The van der Waals surface area contributed by atoms with Crippen molar-refractivity contribution in [3.8, 4) is 0 Å². The van der Waals surface area contributed by atoms with E-state index in [9.17, 15) is 9.00 Å². The average molecular weight is 223 g/mol. The molecule has 1 heterocycles. The molecule has 80 valence electrons. The molecule has 2 rings (SSSR count). The Labute approximate surface area is 91.5 Å². The molecule has 15 heavy (non-hydrogen) atoms. The lowest BCUT2D eigenvalue weighted by atomic mass is 10.2. The van der Waals surface area contributed by atoms with Crippen LogP contribution in [0.4, 0.5) is 0 Å². The van der Waals surface area contributed by atoms with Gasteiger partial charge in [-0.05, 0) is 19.1 Å². The van der Waals surface area contributed by atoms with Gasteiger partial charge in [0.2, 0.25) is 5.91 Å². The van der Waals surface area contributed by atoms with Gasteiger partial charge in [-0.15, -0.1) is 0 Å². The van der Waals surface area contributed by atoms with Crippen molar-refractivity contribution in [3.05, 3.63) is 30.3 Å². The molecule has 1 fully saturated rings. The Hall–Kier alpha value is -1.16. The van der Waals surface area contributed by atoms with E-state index < -0.39 is 10.8 Å². The molecule has 2 unspecified atom stereocenters. The van der Waals surface area contributed by atoms with Gasteiger partial charge >= 0.3 is 0 Å². The van der Waals surface area contributed by atoms with Crippen LogP contribution in [0.3, 0.4) is 0 Å². The maximum absolute atomic E-state index is 12.1. The topological polar surface area (TPSA) is 37.4 Å². The van der Waals surface area contributed by atoms with E-state index in [-0.39, 0.29) is 11.3 Å². The van der Waals surface area contributed by atoms with E-state index in [4.69, 9.17) is 0 Å². The van der Waals surface area contributed by atoms with E-state index in [0.29, 0.717) is 13.0 Å². The Morgan fingerprint density at radius 3 is 2.60 bits per heavy atom. The summed E-state index contributed by atoms with van der Waals surface area (Å²) in [6.45, 7) is 2.55. The van der Waals surface area contributed by atoms with Gasteiger partial charge in [0, 0.05) is 11.4 Å². The summed E-state index contributed by atoms with van der Waals surface area (Å²) in [5.74, 6) is 0.104. The molecule has 0 spiro atoms. The summed E-state index contributed by atoms with van der Waals surface area (Å²) in [6, 6.07) is 9.30. The number of nitrogens with zero attached hydrogens (tertiary/aromatic N) is 1. The minimum absolute atomic E-state index is 0.104. The highest BCUT2D eigenvalue weighted by Crippen LogP contribution is 2.25.